The number of aliphatic hydroxyl groups is 2. The number of nitrogens with one attached hydrogen (secondary N) is 2. The fourth-order valence-corrected chi connectivity index (χ4v) is 12.3. The van der Waals surface area contributed by atoms with E-state index in [4.69, 9.17) is 19.9 Å². The van der Waals surface area contributed by atoms with E-state index in [0.29, 0.717) is 68.4 Å². The molecule has 66 heavy (non-hydrogen) atoms. The second-order valence-electron chi connectivity index (χ2n) is 20.4. The number of primary amides is 1. The predicted molar refractivity (Wildman–Crippen MR) is 251 cm³/mol. The van der Waals surface area contributed by atoms with Gasteiger partial charge in [-0.05, 0) is 125 Å². The molecule has 0 saturated heterocycles. The Labute approximate surface area is 391 Å². The van der Waals surface area contributed by atoms with Crippen LogP contribution < -0.4 is 16.4 Å². The zero-order chi connectivity index (χ0) is 48.1. The third kappa shape index (κ3) is 10.6. The number of hydrogen-bond acceptors (Lipinski definition) is 11. The van der Waals surface area contributed by atoms with Crippen molar-refractivity contribution < 1.29 is 48.4 Å². The minimum absolute atomic E-state index is 0.0799. The Morgan fingerprint density at radius 1 is 0.985 bits per heavy atom. The second kappa shape index (κ2) is 21.1. The smallest absolute Gasteiger partial charge is 0.405 e. The van der Waals surface area contributed by atoms with Gasteiger partial charge in [0.2, 0.25) is 11.6 Å². The Morgan fingerprint density at radius 3 is 2.44 bits per heavy atom. The molecule has 0 radical (unpaired) electrons. The molecule has 3 saturated carbocycles. The molecule has 3 fully saturated rings. The van der Waals surface area contributed by atoms with Crippen LogP contribution >= 0.6 is 0 Å². The molecule has 13 heteroatoms. The number of Topliss-reactive ketones (excluding diaryl/α,β-unsaturated/α-hetero) is 1. The largest absolute Gasteiger partial charge is 0.439 e. The maximum atomic E-state index is 14.2. The first-order valence-corrected chi connectivity index (χ1v) is 24.0. The molecule has 5 aliphatic carbocycles. The lowest BCUT2D eigenvalue weighted by Gasteiger charge is -2.58. The summed E-state index contributed by atoms with van der Waals surface area (Å²) in [7, 11) is 2.94. The van der Waals surface area contributed by atoms with Crippen molar-refractivity contribution in [1.29, 1.82) is 0 Å². The van der Waals surface area contributed by atoms with E-state index in [0.717, 1.165) is 44.6 Å². The summed E-state index contributed by atoms with van der Waals surface area (Å²) in [6.07, 6.45) is 14.8. The minimum Gasteiger partial charge on any atom is -0.439 e. The van der Waals surface area contributed by atoms with Crippen LogP contribution in [-0.4, -0.2) is 90.3 Å². The zero-order valence-electron chi connectivity index (χ0n) is 40.3. The molecule has 2 bridgehead atoms. The van der Waals surface area contributed by atoms with Gasteiger partial charge in [0.1, 0.15) is 11.7 Å². The Kier molecular flexibility index (Phi) is 16.3. The number of hydrogen-bond donors (Lipinski definition) is 5. The van der Waals surface area contributed by atoms with Crippen LogP contribution in [0.25, 0.3) is 0 Å². The number of allylic oxidation sites excluding steroid dienone is 5. The third-order valence-electron chi connectivity index (χ3n) is 16.2. The molecule has 6 aliphatic rings. The number of methoxy groups -OCH3 is 2. The quantitative estimate of drug-likeness (QED) is 0.0743. The summed E-state index contributed by atoms with van der Waals surface area (Å²) in [6.45, 7) is 12.1. The SMILES string of the molecule is COC1/C=C\C=C(/C)C(=O)NC2=CC(=O)C(NCCCCC#C[C@]3(O)CC[C@H]4[C@@H]5CCC6=CC(=O)CC[C@]6(C)[C@H]5CC[C@@]43C)=C(C[C@@H](C)C[C@H](OC)[C@H](O)[C@@H](C)/C=C(\C)[C@@H]1OC(N)=O)C2=O. The lowest BCUT2D eigenvalue weighted by molar-refractivity contribution is -0.120. The highest BCUT2D eigenvalue weighted by atomic mass is 16.6. The number of unbranched alkanes of at least 4 members (excludes halogenated alkanes) is 2. The number of fused-ring (bicyclic) bond motifs is 7. The van der Waals surface area contributed by atoms with E-state index < -0.39 is 59.5 Å². The average Bonchev–Trinajstić information content (AvgIpc) is 3.54. The maximum absolute atomic E-state index is 14.2. The topological polar surface area (TPSA) is 204 Å². The first-order valence-electron chi connectivity index (χ1n) is 24.0. The van der Waals surface area contributed by atoms with Crippen molar-refractivity contribution in [1.82, 2.24) is 10.6 Å². The van der Waals surface area contributed by atoms with Gasteiger partial charge in [-0.2, -0.15) is 0 Å². The lowest BCUT2D eigenvalue weighted by atomic mass is 9.46. The summed E-state index contributed by atoms with van der Waals surface area (Å²) in [5, 5.41) is 29.6. The van der Waals surface area contributed by atoms with Gasteiger partial charge in [0.25, 0.3) is 5.91 Å². The zero-order valence-corrected chi connectivity index (χ0v) is 40.3. The first kappa shape index (κ1) is 50.8. The average molecular weight is 912 g/mol. The van der Waals surface area contributed by atoms with Gasteiger partial charge in [-0.25, -0.2) is 4.79 Å². The summed E-state index contributed by atoms with van der Waals surface area (Å²) >= 11 is 0. The van der Waals surface area contributed by atoms with Gasteiger partial charge in [-0.15, -0.1) is 5.92 Å². The van der Waals surface area contributed by atoms with Gasteiger partial charge < -0.3 is 40.8 Å². The van der Waals surface area contributed by atoms with E-state index in [1.807, 2.05) is 19.9 Å². The lowest BCUT2D eigenvalue weighted by Crippen LogP contribution is -2.54. The fraction of sp³-hybridized carbons (Fsp3) is 0.642. The molecule has 0 aromatic heterocycles. The van der Waals surface area contributed by atoms with Crippen LogP contribution in [0.15, 0.2) is 70.1 Å². The summed E-state index contributed by atoms with van der Waals surface area (Å²) in [6, 6.07) is 0. The van der Waals surface area contributed by atoms with Crippen LogP contribution in [0.1, 0.15) is 125 Å². The Hall–Kier alpha value is -4.61. The van der Waals surface area contributed by atoms with Crippen LogP contribution in [0.4, 0.5) is 4.79 Å². The molecular formula is C53H73N3O10. The molecule has 360 valence electrons. The number of ether oxygens (including phenoxy) is 3. The number of carbonyl (C=O) groups is 5. The van der Waals surface area contributed by atoms with Crippen LogP contribution in [-0.2, 0) is 33.4 Å². The fourth-order valence-electron chi connectivity index (χ4n) is 12.3. The number of ketones is 3. The molecule has 1 aliphatic heterocycles. The molecular weight excluding hydrogens is 839 g/mol. The molecule has 1 unspecified atom stereocenters. The van der Waals surface area contributed by atoms with E-state index in [9.17, 15) is 34.2 Å². The van der Waals surface area contributed by atoms with Gasteiger partial charge in [0.15, 0.2) is 11.9 Å². The summed E-state index contributed by atoms with van der Waals surface area (Å²) in [5.41, 5.74) is 6.62. The molecule has 6 N–H and O–H groups in total. The Morgan fingerprint density at radius 2 is 1.73 bits per heavy atom. The summed E-state index contributed by atoms with van der Waals surface area (Å²) < 4.78 is 16.8. The van der Waals surface area contributed by atoms with Crippen molar-refractivity contribution in [2.75, 3.05) is 20.8 Å². The highest BCUT2D eigenvalue weighted by molar-refractivity contribution is 6.23. The van der Waals surface area contributed by atoms with Gasteiger partial charge in [-0.3, -0.25) is 19.2 Å². The third-order valence-corrected chi connectivity index (χ3v) is 16.2. The van der Waals surface area contributed by atoms with Crippen LogP contribution in [0.3, 0.4) is 0 Å². The Balaban J connectivity index is 1.13. The normalized spacial score (nSPS) is 38.7. The van der Waals surface area contributed by atoms with Crippen LogP contribution in [0, 0.1) is 52.3 Å². The van der Waals surface area contributed by atoms with E-state index in [1.165, 1.54) is 25.9 Å². The minimum atomic E-state index is -1.05. The molecule has 0 spiro atoms. The van der Waals surface area contributed by atoms with Crippen LogP contribution in [0.2, 0.25) is 0 Å². The number of nitrogens with two attached hydrogens (primary N) is 1. The van der Waals surface area contributed by atoms with E-state index in [1.54, 1.807) is 32.1 Å². The molecule has 12 atom stereocenters. The van der Waals surface area contributed by atoms with E-state index >= 15 is 0 Å². The summed E-state index contributed by atoms with van der Waals surface area (Å²) in [5.74, 6) is 6.21. The number of aliphatic hydroxyl groups excluding tert-OH is 1. The number of amides is 2. The van der Waals surface area contributed by atoms with Gasteiger partial charge in [0, 0.05) is 62.2 Å². The van der Waals surface area contributed by atoms with Crippen molar-refractivity contribution in [3.8, 4) is 11.8 Å². The second-order valence-corrected chi connectivity index (χ2v) is 20.4. The number of carbonyl (C=O) groups excluding carboxylic acids is 5. The molecule has 0 aromatic carbocycles. The first-order chi connectivity index (χ1) is 31.3. The van der Waals surface area contributed by atoms with Gasteiger partial charge in [0.05, 0.1) is 23.6 Å². The standard InChI is InChI=1S/C53H73N3O10/c1-31-26-38-45(55-25-12-10-9-11-21-53(63)24-20-40-37-17-16-35-29-36(57)18-22-51(35,5)39(37)19-23-52(40,53)6)42(58)30-41(47(38)60)56-49(61)32(2)14-13-15-43(64-7)48(66-50(54)62)34(4)28-33(3)46(59)44(27-31)65-8/h13-15,28-31,33,37,39-40,43-44,46,48,55,59,63H,9-10,12,16-20,22-27H2,1-8H3,(H2,54,62)(H,56,61)/b15-13-,32-14+,34-28+/t31-,33+,37-,39+,40+,43?,44+,46-,48+,51+,52+,53+/m1/s1. The highest BCUT2D eigenvalue weighted by Crippen LogP contribution is 2.67. The van der Waals surface area contributed by atoms with Gasteiger partial charge in [-0.1, -0.05) is 63.5 Å². The van der Waals surface area contributed by atoms with Crippen molar-refractivity contribution in [3.63, 3.8) is 0 Å². The molecule has 2 amide bonds. The predicted octanol–water partition coefficient (Wildman–Crippen LogP) is 6.79. The van der Waals surface area contributed by atoms with Crippen molar-refractivity contribution in [2.24, 2.45) is 46.2 Å². The Bertz CT molecular complexity index is 2170. The van der Waals surface area contributed by atoms with Crippen molar-refractivity contribution in [3.05, 3.63) is 70.1 Å². The van der Waals surface area contributed by atoms with Crippen molar-refractivity contribution in [2.45, 2.75) is 155 Å². The maximum Gasteiger partial charge on any atom is 0.405 e. The monoisotopic (exact) mass is 912 g/mol. The van der Waals surface area contributed by atoms with E-state index in [-0.39, 0.29) is 51.5 Å². The molecule has 1 heterocycles. The number of rotatable bonds is 8. The van der Waals surface area contributed by atoms with Gasteiger partial charge >= 0.3 is 6.09 Å². The van der Waals surface area contributed by atoms with Crippen molar-refractivity contribution >= 4 is 29.4 Å². The molecule has 13 nitrogen and oxygen atoms in total. The summed E-state index contributed by atoms with van der Waals surface area (Å²) in [4.78, 5) is 65.5. The highest BCUT2D eigenvalue weighted by Gasteiger charge is 2.63. The molecule has 0 aromatic rings. The molecule has 6 rings (SSSR count). The van der Waals surface area contributed by atoms with E-state index in [2.05, 4.69) is 36.3 Å². The van der Waals surface area contributed by atoms with Crippen LogP contribution in [0.5, 0.6) is 0 Å².